The van der Waals surface area contributed by atoms with Crippen LogP contribution in [0.2, 0.25) is 0 Å². The van der Waals surface area contributed by atoms with E-state index < -0.39 is 0 Å². The lowest BCUT2D eigenvalue weighted by Gasteiger charge is -2.05. The second-order valence-electron chi connectivity index (χ2n) is 3.72. The second kappa shape index (κ2) is 8.39. The molecule has 0 saturated carbocycles. The number of aromatic nitrogens is 2. The first-order valence-electron chi connectivity index (χ1n) is 6.05. The van der Waals surface area contributed by atoms with Gasteiger partial charge in [0, 0.05) is 6.54 Å². The Kier molecular flexibility index (Phi) is 6.97. The normalized spacial score (nSPS) is 10.4. The molecule has 0 fully saturated rings. The van der Waals surface area contributed by atoms with E-state index in [4.69, 9.17) is 0 Å². The lowest BCUT2D eigenvalue weighted by atomic mass is 10.3. The molecule has 3 nitrogen and oxygen atoms in total. The van der Waals surface area contributed by atoms with Gasteiger partial charge in [-0.15, -0.1) is 11.8 Å². The maximum Gasteiger partial charge on any atom is 0.145 e. The van der Waals surface area contributed by atoms with E-state index in [9.17, 15) is 0 Å². The molecule has 1 heterocycles. The van der Waals surface area contributed by atoms with Gasteiger partial charge in [-0.2, -0.15) is 0 Å². The highest BCUT2D eigenvalue weighted by Gasteiger charge is 1.98. The van der Waals surface area contributed by atoms with Gasteiger partial charge in [-0.05, 0) is 18.6 Å². The van der Waals surface area contributed by atoms with Gasteiger partial charge < -0.3 is 5.32 Å². The Bertz CT molecular complexity index is 291. The number of anilines is 1. The topological polar surface area (TPSA) is 37.8 Å². The Balaban J connectivity index is 2.35. The zero-order chi connectivity index (χ0) is 11.6. The van der Waals surface area contributed by atoms with Crippen LogP contribution >= 0.6 is 11.8 Å². The first-order chi connectivity index (χ1) is 7.86. The molecule has 0 radical (unpaired) electrons. The van der Waals surface area contributed by atoms with Crippen LogP contribution in [-0.2, 0) is 0 Å². The number of nitrogens with zero attached hydrogens (tertiary/aromatic N) is 2. The lowest BCUT2D eigenvalue weighted by Crippen LogP contribution is -2.02. The first-order valence-corrected chi connectivity index (χ1v) is 7.04. The van der Waals surface area contributed by atoms with Gasteiger partial charge in [0.2, 0.25) is 0 Å². The van der Waals surface area contributed by atoms with Crippen LogP contribution < -0.4 is 5.32 Å². The molecule has 0 bridgehead atoms. The molecular formula is C12H21N3S. The fourth-order valence-corrected chi connectivity index (χ4v) is 2.14. The van der Waals surface area contributed by atoms with Crippen LogP contribution in [-0.4, -0.2) is 22.3 Å². The van der Waals surface area contributed by atoms with Crippen molar-refractivity contribution in [3.05, 3.63) is 12.4 Å². The number of rotatable bonds is 8. The summed E-state index contributed by atoms with van der Waals surface area (Å²) in [5.41, 5.74) is 0. The fourth-order valence-electron chi connectivity index (χ4n) is 1.28. The maximum absolute atomic E-state index is 4.50. The lowest BCUT2D eigenvalue weighted by molar-refractivity contribution is 0.778. The number of hydrogen-bond acceptors (Lipinski definition) is 4. The Hall–Kier alpha value is -0.770. The fraction of sp³-hybridized carbons (Fsp3) is 0.667. The minimum absolute atomic E-state index is 0.891. The quantitative estimate of drug-likeness (QED) is 0.556. The largest absolute Gasteiger partial charge is 0.369 e. The molecule has 1 aromatic rings. The third kappa shape index (κ3) is 5.35. The van der Waals surface area contributed by atoms with E-state index in [0.717, 1.165) is 29.6 Å². The zero-order valence-electron chi connectivity index (χ0n) is 10.2. The molecule has 90 valence electrons. The van der Waals surface area contributed by atoms with E-state index >= 15 is 0 Å². The molecule has 0 amide bonds. The maximum atomic E-state index is 4.50. The van der Waals surface area contributed by atoms with Crippen LogP contribution in [0.5, 0.6) is 0 Å². The predicted molar refractivity (Wildman–Crippen MR) is 71.1 cm³/mol. The van der Waals surface area contributed by atoms with E-state index in [1.807, 2.05) is 6.20 Å². The molecule has 0 aromatic carbocycles. The molecule has 1 N–H and O–H groups in total. The summed E-state index contributed by atoms with van der Waals surface area (Å²) in [5.74, 6) is 2.03. The van der Waals surface area contributed by atoms with Gasteiger partial charge in [0.25, 0.3) is 0 Å². The molecule has 4 heteroatoms. The summed E-state index contributed by atoms with van der Waals surface area (Å²) in [7, 11) is 0. The Morgan fingerprint density at radius 2 is 2.06 bits per heavy atom. The van der Waals surface area contributed by atoms with Gasteiger partial charge in [-0.25, -0.2) is 4.98 Å². The van der Waals surface area contributed by atoms with Crippen molar-refractivity contribution in [3.8, 4) is 0 Å². The molecule has 0 aliphatic carbocycles. The van der Waals surface area contributed by atoms with E-state index in [0.29, 0.717) is 0 Å². The summed E-state index contributed by atoms with van der Waals surface area (Å²) in [4.78, 5) is 8.69. The van der Waals surface area contributed by atoms with Gasteiger partial charge in [-0.3, -0.25) is 4.98 Å². The van der Waals surface area contributed by atoms with Gasteiger partial charge in [-0.1, -0.05) is 26.7 Å². The third-order valence-electron chi connectivity index (χ3n) is 2.17. The SMILES string of the molecule is CCCCCSc1cncc(NCCC)n1. The highest BCUT2D eigenvalue weighted by atomic mass is 32.2. The van der Waals surface area contributed by atoms with Crippen LogP contribution in [0.4, 0.5) is 5.82 Å². The van der Waals surface area contributed by atoms with Crippen LogP contribution in [0.25, 0.3) is 0 Å². The molecular weight excluding hydrogens is 218 g/mol. The zero-order valence-corrected chi connectivity index (χ0v) is 11.0. The Morgan fingerprint density at radius 3 is 2.81 bits per heavy atom. The van der Waals surface area contributed by atoms with E-state index in [2.05, 4.69) is 29.1 Å². The Labute approximate surface area is 102 Å². The van der Waals surface area contributed by atoms with Gasteiger partial charge in [0.1, 0.15) is 10.8 Å². The summed E-state index contributed by atoms with van der Waals surface area (Å²) in [5, 5.41) is 4.27. The molecule has 0 aliphatic rings. The first kappa shape index (κ1) is 13.3. The highest BCUT2D eigenvalue weighted by Crippen LogP contribution is 2.17. The molecule has 1 rings (SSSR count). The summed E-state index contributed by atoms with van der Waals surface area (Å²) in [6.07, 6.45) is 8.56. The Morgan fingerprint density at radius 1 is 1.19 bits per heavy atom. The van der Waals surface area contributed by atoms with Crippen molar-refractivity contribution in [2.75, 3.05) is 17.6 Å². The molecule has 0 unspecified atom stereocenters. The number of hydrogen-bond donors (Lipinski definition) is 1. The summed E-state index contributed by atoms with van der Waals surface area (Å²) in [6, 6.07) is 0. The number of nitrogens with one attached hydrogen (secondary N) is 1. The molecule has 1 aromatic heterocycles. The van der Waals surface area contributed by atoms with Crippen molar-refractivity contribution in [1.29, 1.82) is 0 Å². The average molecular weight is 239 g/mol. The van der Waals surface area contributed by atoms with Gasteiger partial charge in [0.05, 0.1) is 12.4 Å². The van der Waals surface area contributed by atoms with Crippen LogP contribution in [0.15, 0.2) is 17.4 Å². The molecule has 0 atom stereocenters. The highest BCUT2D eigenvalue weighted by molar-refractivity contribution is 7.99. The number of unbranched alkanes of at least 4 members (excludes halogenated alkanes) is 2. The van der Waals surface area contributed by atoms with Crippen molar-refractivity contribution in [2.45, 2.75) is 44.6 Å². The van der Waals surface area contributed by atoms with Crippen LogP contribution in [0.3, 0.4) is 0 Å². The summed E-state index contributed by atoms with van der Waals surface area (Å²) >= 11 is 1.79. The molecule has 0 aliphatic heterocycles. The predicted octanol–water partition coefficient (Wildman–Crippen LogP) is 3.58. The second-order valence-corrected chi connectivity index (χ2v) is 4.84. The van der Waals surface area contributed by atoms with E-state index in [1.165, 1.54) is 19.3 Å². The summed E-state index contributed by atoms with van der Waals surface area (Å²) in [6.45, 7) is 5.32. The van der Waals surface area contributed by atoms with Crippen LogP contribution in [0.1, 0.15) is 39.5 Å². The minimum atomic E-state index is 0.891. The summed E-state index contributed by atoms with van der Waals surface area (Å²) < 4.78 is 0. The molecule has 0 saturated heterocycles. The van der Waals surface area contributed by atoms with Gasteiger partial charge in [0.15, 0.2) is 0 Å². The minimum Gasteiger partial charge on any atom is -0.369 e. The van der Waals surface area contributed by atoms with Crippen LogP contribution in [0, 0.1) is 0 Å². The van der Waals surface area contributed by atoms with Crippen molar-refractivity contribution < 1.29 is 0 Å². The van der Waals surface area contributed by atoms with Crippen molar-refractivity contribution >= 4 is 17.6 Å². The van der Waals surface area contributed by atoms with E-state index in [1.54, 1.807) is 18.0 Å². The van der Waals surface area contributed by atoms with Crippen molar-refractivity contribution in [3.63, 3.8) is 0 Å². The van der Waals surface area contributed by atoms with Crippen molar-refractivity contribution in [2.24, 2.45) is 0 Å². The molecule has 0 spiro atoms. The smallest absolute Gasteiger partial charge is 0.145 e. The van der Waals surface area contributed by atoms with Crippen molar-refractivity contribution in [1.82, 2.24) is 9.97 Å². The monoisotopic (exact) mass is 239 g/mol. The third-order valence-corrected chi connectivity index (χ3v) is 3.15. The van der Waals surface area contributed by atoms with Gasteiger partial charge >= 0.3 is 0 Å². The standard InChI is InChI=1S/C12H21N3S/c1-3-5-6-8-16-12-10-13-9-11(15-12)14-7-4-2/h9-10H,3-8H2,1-2H3,(H,14,15). The molecule has 16 heavy (non-hydrogen) atoms. The number of thioether (sulfide) groups is 1. The van der Waals surface area contributed by atoms with E-state index in [-0.39, 0.29) is 0 Å². The average Bonchev–Trinajstić information content (AvgIpc) is 2.33.